The normalized spacial score (nSPS) is 18.3. The van der Waals surface area contributed by atoms with Crippen LogP contribution in [0.15, 0.2) is 24.3 Å². The molecule has 0 radical (unpaired) electrons. The Morgan fingerprint density at radius 3 is 2.47 bits per heavy atom. The zero-order valence-corrected chi connectivity index (χ0v) is 11.9. The van der Waals surface area contributed by atoms with Crippen LogP contribution in [0.2, 0.25) is 0 Å². The molecule has 2 nitrogen and oxygen atoms in total. The van der Waals surface area contributed by atoms with Gasteiger partial charge in [-0.25, -0.2) is 4.39 Å². The molecule has 1 fully saturated rings. The van der Waals surface area contributed by atoms with Crippen molar-refractivity contribution in [1.82, 2.24) is 0 Å². The molecule has 19 heavy (non-hydrogen) atoms. The highest BCUT2D eigenvalue weighted by molar-refractivity contribution is 5.47. The summed E-state index contributed by atoms with van der Waals surface area (Å²) in [6.07, 6.45) is 6.18. The van der Waals surface area contributed by atoms with Gasteiger partial charge >= 0.3 is 0 Å². The summed E-state index contributed by atoms with van der Waals surface area (Å²) in [5.74, 6) is -0.132. The molecule has 1 aromatic rings. The van der Waals surface area contributed by atoms with Gasteiger partial charge in [-0.1, -0.05) is 31.4 Å². The summed E-state index contributed by atoms with van der Waals surface area (Å²) in [7, 11) is 0. The van der Waals surface area contributed by atoms with E-state index in [1.165, 1.54) is 38.2 Å². The molecule has 0 amide bonds. The summed E-state index contributed by atoms with van der Waals surface area (Å²) < 4.78 is 13.9. The molecule has 0 aliphatic heterocycles. The average Bonchev–Trinajstić information content (AvgIpc) is 2.47. The lowest BCUT2D eigenvalue weighted by Crippen LogP contribution is -2.44. The third kappa shape index (κ3) is 3.27. The third-order valence-corrected chi connectivity index (χ3v) is 4.45. The van der Waals surface area contributed by atoms with Crippen molar-refractivity contribution >= 4 is 5.69 Å². The van der Waals surface area contributed by atoms with Gasteiger partial charge in [-0.05, 0) is 38.4 Å². The van der Waals surface area contributed by atoms with Crippen molar-refractivity contribution in [2.75, 3.05) is 24.5 Å². The first-order valence-corrected chi connectivity index (χ1v) is 7.40. The molecule has 0 bridgehead atoms. The van der Waals surface area contributed by atoms with E-state index in [0.717, 1.165) is 13.1 Å². The molecule has 0 heterocycles. The number of para-hydroxylation sites is 1. The summed E-state index contributed by atoms with van der Waals surface area (Å²) in [5, 5.41) is 0. The number of halogens is 1. The Kier molecular flexibility index (Phi) is 4.81. The van der Waals surface area contributed by atoms with Crippen molar-refractivity contribution in [1.29, 1.82) is 0 Å². The Morgan fingerprint density at radius 1 is 1.21 bits per heavy atom. The number of rotatable bonds is 5. The molecule has 0 saturated heterocycles. The molecular formula is C16H25FN2. The number of hydrogen-bond acceptors (Lipinski definition) is 2. The summed E-state index contributed by atoms with van der Waals surface area (Å²) in [6, 6.07) is 7.04. The lowest BCUT2D eigenvalue weighted by Gasteiger charge is -2.41. The highest BCUT2D eigenvalue weighted by Gasteiger charge is 2.32. The van der Waals surface area contributed by atoms with Gasteiger partial charge in [0.15, 0.2) is 0 Å². The van der Waals surface area contributed by atoms with E-state index in [1.807, 2.05) is 12.1 Å². The molecule has 3 heteroatoms. The molecule has 1 saturated carbocycles. The van der Waals surface area contributed by atoms with E-state index in [2.05, 4.69) is 11.8 Å². The van der Waals surface area contributed by atoms with Crippen LogP contribution in [0.4, 0.5) is 10.1 Å². The number of benzene rings is 1. The maximum Gasteiger partial charge on any atom is 0.146 e. The van der Waals surface area contributed by atoms with Crippen LogP contribution in [0, 0.1) is 11.2 Å². The van der Waals surface area contributed by atoms with Crippen LogP contribution < -0.4 is 10.6 Å². The fourth-order valence-electron chi connectivity index (χ4n) is 3.21. The summed E-state index contributed by atoms with van der Waals surface area (Å²) in [4.78, 5) is 2.15. The van der Waals surface area contributed by atoms with Crippen molar-refractivity contribution in [3.63, 3.8) is 0 Å². The molecule has 0 aromatic heterocycles. The lowest BCUT2D eigenvalue weighted by molar-refractivity contribution is 0.204. The van der Waals surface area contributed by atoms with Gasteiger partial charge in [0.05, 0.1) is 5.69 Å². The number of nitrogens with two attached hydrogens (primary N) is 1. The smallest absolute Gasteiger partial charge is 0.146 e. The van der Waals surface area contributed by atoms with Gasteiger partial charge in [-0.3, -0.25) is 0 Å². The van der Waals surface area contributed by atoms with Crippen molar-refractivity contribution in [2.45, 2.75) is 39.0 Å². The first-order valence-electron chi connectivity index (χ1n) is 7.40. The monoisotopic (exact) mass is 264 g/mol. The second-order valence-electron chi connectivity index (χ2n) is 5.73. The van der Waals surface area contributed by atoms with E-state index in [1.54, 1.807) is 6.07 Å². The first-order chi connectivity index (χ1) is 9.21. The van der Waals surface area contributed by atoms with Crippen LogP contribution in [0.3, 0.4) is 0 Å². The number of nitrogens with zero attached hydrogens (tertiary/aromatic N) is 1. The van der Waals surface area contributed by atoms with Crippen molar-refractivity contribution in [2.24, 2.45) is 11.1 Å². The van der Waals surface area contributed by atoms with Crippen molar-refractivity contribution in [3.05, 3.63) is 30.1 Å². The topological polar surface area (TPSA) is 29.3 Å². The van der Waals surface area contributed by atoms with Gasteiger partial charge in [-0.2, -0.15) is 0 Å². The van der Waals surface area contributed by atoms with E-state index in [4.69, 9.17) is 5.73 Å². The minimum Gasteiger partial charge on any atom is -0.369 e. The summed E-state index contributed by atoms with van der Waals surface area (Å²) in [6.45, 7) is 4.49. The average molecular weight is 264 g/mol. The molecule has 2 rings (SSSR count). The Balaban J connectivity index is 2.16. The first kappa shape index (κ1) is 14.3. The minimum atomic E-state index is -0.132. The van der Waals surface area contributed by atoms with Crippen LogP contribution in [0.5, 0.6) is 0 Å². The lowest BCUT2D eigenvalue weighted by atomic mass is 9.73. The predicted octanol–water partition coefficient (Wildman–Crippen LogP) is 3.56. The minimum absolute atomic E-state index is 0.132. The SMILES string of the molecule is CCN(CC1(CN)CCCCC1)c1ccccc1F. The number of hydrogen-bond donors (Lipinski definition) is 1. The fraction of sp³-hybridized carbons (Fsp3) is 0.625. The Hall–Kier alpha value is -1.09. The zero-order chi connectivity index (χ0) is 13.7. The largest absolute Gasteiger partial charge is 0.369 e. The molecule has 1 aromatic carbocycles. The maximum absolute atomic E-state index is 13.9. The highest BCUT2D eigenvalue weighted by Crippen LogP contribution is 2.37. The molecule has 0 spiro atoms. The van der Waals surface area contributed by atoms with E-state index in [9.17, 15) is 4.39 Å². The van der Waals surface area contributed by atoms with Crippen molar-refractivity contribution in [3.8, 4) is 0 Å². The predicted molar refractivity (Wildman–Crippen MR) is 78.9 cm³/mol. The standard InChI is InChI=1S/C16H25FN2/c1-2-19(15-9-5-4-8-14(15)17)13-16(12-18)10-6-3-7-11-16/h4-5,8-9H,2-3,6-7,10-13,18H2,1H3. The zero-order valence-electron chi connectivity index (χ0n) is 11.9. The van der Waals surface area contributed by atoms with Crippen LogP contribution in [0.25, 0.3) is 0 Å². The molecule has 106 valence electrons. The van der Waals surface area contributed by atoms with Crippen LogP contribution >= 0.6 is 0 Å². The van der Waals surface area contributed by atoms with E-state index < -0.39 is 0 Å². The Bertz CT molecular complexity index is 399. The Labute approximate surface area is 115 Å². The van der Waals surface area contributed by atoms with Crippen LogP contribution in [-0.2, 0) is 0 Å². The quantitative estimate of drug-likeness (QED) is 0.881. The van der Waals surface area contributed by atoms with Gasteiger partial charge in [0.25, 0.3) is 0 Å². The summed E-state index contributed by atoms with van der Waals surface area (Å²) in [5.41, 5.74) is 6.93. The van der Waals surface area contributed by atoms with Gasteiger partial charge in [0, 0.05) is 18.5 Å². The second kappa shape index (κ2) is 6.38. The Morgan fingerprint density at radius 2 is 1.89 bits per heavy atom. The van der Waals surface area contributed by atoms with Gasteiger partial charge < -0.3 is 10.6 Å². The maximum atomic E-state index is 13.9. The molecule has 2 N–H and O–H groups in total. The molecule has 1 aliphatic rings. The van der Waals surface area contributed by atoms with Gasteiger partial charge in [0.2, 0.25) is 0 Å². The summed E-state index contributed by atoms with van der Waals surface area (Å²) >= 11 is 0. The molecule has 1 aliphatic carbocycles. The van der Waals surface area contributed by atoms with E-state index >= 15 is 0 Å². The van der Waals surface area contributed by atoms with Crippen LogP contribution in [0.1, 0.15) is 39.0 Å². The van der Waals surface area contributed by atoms with Gasteiger partial charge in [-0.15, -0.1) is 0 Å². The highest BCUT2D eigenvalue weighted by atomic mass is 19.1. The second-order valence-corrected chi connectivity index (χ2v) is 5.73. The molecule has 0 atom stereocenters. The molecule has 0 unspecified atom stereocenters. The van der Waals surface area contributed by atoms with Crippen molar-refractivity contribution < 1.29 is 4.39 Å². The number of anilines is 1. The molecular weight excluding hydrogens is 239 g/mol. The van der Waals surface area contributed by atoms with E-state index in [0.29, 0.717) is 12.2 Å². The fourth-order valence-corrected chi connectivity index (χ4v) is 3.21. The van der Waals surface area contributed by atoms with Gasteiger partial charge in [0.1, 0.15) is 5.82 Å². The van der Waals surface area contributed by atoms with Crippen LogP contribution in [-0.4, -0.2) is 19.6 Å². The van der Waals surface area contributed by atoms with E-state index in [-0.39, 0.29) is 11.2 Å². The third-order valence-electron chi connectivity index (χ3n) is 4.45.